The first kappa shape index (κ1) is 18.5. The van der Waals surface area contributed by atoms with Gasteiger partial charge in [-0.1, -0.05) is 35.6 Å². The molecule has 2 saturated heterocycles. The molecule has 29 heavy (non-hydrogen) atoms. The van der Waals surface area contributed by atoms with Gasteiger partial charge in [0.15, 0.2) is 6.67 Å². The van der Waals surface area contributed by atoms with Crippen molar-refractivity contribution in [2.45, 2.75) is 18.9 Å². The number of carbonyl (C=O) groups excluding carboxylic acids is 1. The number of amides is 1. The third-order valence-corrected chi connectivity index (χ3v) is 7.05. The van der Waals surface area contributed by atoms with E-state index in [1.807, 2.05) is 35.2 Å². The van der Waals surface area contributed by atoms with Gasteiger partial charge in [-0.25, -0.2) is 4.98 Å². The van der Waals surface area contributed by atoms with Gasteiger partial charge in [-0.05, 0) is 29.8 Å². The molecule has 5 rings (SSSR count). The second-order valence-electron chi connectivity index (χ2n) is 8.02. The number of quaternary nitrogens is 1. The van der Waals surface area contributed by atoms with Crippen molar-refractivity contribution in [1.82, 2.24) is 9.88 Å². The Morgan fingerprint density at radius 3 is 3.03 bits per heavy atom. The SMILES string of the molecule is O=C(CO)N1C[N@+]2(CCc3cccc(Oc4nc5ccccc5s4)c3)CC[C@H]1C2. The summed E-state index contributed by atoms with van der Waals surface area (Å²) >= 11 is 1.55. The molecule has 0 spiro atoms. The maximum absolute atomic E-state index is 11.9. The van der Waals surface area contributed by atoms with E-state index >= 15 is 0 Å². The number of aromatic nitrogens is 1. The number of carbonyl (C=O) groups is 1. The van der Waals surface area contributed by atoms with Crippen molar-refractivity contribution in [3.63, 3.8) is 0 Å². The summed E-state index contributed by atoms with van der Waals surface area (Å²) in [7, 11) is 0. The predicted molar refractivity (Wildman–Crippen MR) is 112 cm³/mol. The van der Waals surface area contributed by atoms with Crippen molar-refractivity contribution < 1.29 is 19.1 Å². The Balaban J connectivity index is 1.25. The molecular formula is C22H24N3O3S+. The zero-order valence-electron chi connectivity index (χ0n) is 16.2. The maximum atomic E-state index is 11.9. The van der Waals surface area contributed by atoms with Gasteiger partial charge in [-0.15, -0.1) is 0 Å². The predicted octanol–water partition coefficient (Wildman–Crippen LogP) is 3.01. The van der Waals surface area contributed by atoms with Crippen molar-refractivity contribution in [3.05, 3.63) is 54.1 Å². The monoisotopic (exact) mass is 410 g/mol. The highest BCUT2D eigenvalue weighted by molar-refractivity contribution is 7.20. The zero-order chi connectivity index (χ0) is 19.8. The van der Waals surface area contributed by atoms with Crippen molar-refractivity contribution >= 4 is 27.5 Å². The van der Waals surface area contributed by atoms with E-state index in [0.717, 1.165) is 59.6 Å². The topological polar surface area (TPSA) is 62.7 Å². The molecule has 2 bridgehead atoms. The number of rotatable bonds is 6. The minimum Gasteiger partial charge on any atom is -0.431 e. The summed E-state index contributed by atoms with van der Waals surface area (Å²) in [6.07, 6.45) is 1.97. The molecule has 0 saturated carbocycles. The quantitative estimate of drug-likeness (QED) is 0.635. The summed E-state index contributed by atoms with van der Waals surface area (Å²) in [5.74, 6) is 0.667. The van der Waals surface area contributed by atoms with Crippen molar-refractivity contribution in [2.24, 2.45) is 0 Å². The van der Waals surface area contributed by atoms with Crippen LogP contribution in [-0.4, -0.2) is 64.3 Å². The fraction of sp³-hybridized carbons (Fsp3) is 0.364. The number of nitrogens with zero attached hydrogens (tertiary/aromatic N) is 3. The number of hydrogen-bond acceptors (Lipinski definition) is 5. The smallest absolute Gasteiger partial charge is 0.279 e. The van der Waals surface area contributed by atoms with Crippen LogP contribution in [0, 0.1) is 0 Å². The zero-order valence-corrected chi connectivity index (χ0v) is 17.0. The Morgan fingerprint density at radius 1 is 1.28 bits per heavy atom. The van der Waals surface area contributed by atoms with Crippen LogP contribution >= 0.6 is 11.3 Å². The van der Waals surface area contributed by atoms with E-state index < -0.39 is 0 Å². The van der Waals surface area contributed by atoms with Gasteiger partial charge in [0.2, 0.25) is 0 Å². The number of aliphatic hydroxyl groups excluding tert-OH is 1. The molecule has 2 aliphatic rings. The van der Waals surface area contributed by atoms with Gasteiger partial charge in [0.25, 0.3) is 11.1 Å². The Bertz CT molecular complexity index is 1020. The molecule has 2 aromatic carbocycles. The van der Waals surface area contributed by atoms with Crippen LogP contribution in [-0.2, 0) is 11.2 Å². The fourth-order valence-corrected chi connectivity index (χ4v) is 5.48. The van der Waals surface area contributed by atoms with Gasteiger partial charge >= 0.3 is 0 Å². The average Bonchev–Trinajstić information content (AvgIpc) is 3.44. The van der Waals surface area contributed by atoms with Crippen LogP contribution in [0.5, 0.6) is 10.9 Å². The molecule has 0 aliphatic carbocycles. The highest BCUT2D eigenvalue weighted by Crippen LogP contribution is 2.34. The highest BCUT2D eigenvalue weighted by atomic mass is 32.1. The molecule has 150 valence electrons. The Kier molecular flexibility index (Phi) is 4.73. The lowest BCUT2D eigenvalue weighted by atomic mass is 10.1. The Hall–Kier alpha value is -2.48. The van der Waals surface area contributed by atoms with Gasteiger partial charge in [0, 0.05) is 12.8 Å². The summed E-state index contributed by atoms with van der Waals surface area (Å²) in [4.78, 5) is 18.4. The van der Waals surface area contributed by atoms with E-state index in [1.165, 1.54) is 5.56 Å². The Labute approximate surface area is 173 Å². The lowest BCUT2D eigenvalue weighted by molar-refractivity contribution is -0.913. The second-order valence-corrected chi connectivity index (χ2v) is 9.02. The van der Waals surface area contributed by atoms with E-state index in [9.17, 15) is 9.90 Å². The molecule has 7 heteroatoms. The lowest BCUT2D eigenvalue weighted by Crippen LogP contribution is -2.51. The van der Waals surface area contributed by atoms with Crippen molar-refractivity contribution in [3.8, 4) is 10.9 Å². The third-order valence-electron chi connectivity index (χ3n) is 6.14. The molecule has 6 nitrogen and oxygen atoms in total. The number of ether oxygens (including phenoxy) is 1. The standard InChI is InChI=1S/C22H24N3O3S/c26-14-21(27)24-15-25(11-9-17(24)13-25)10-8-16-4-3-5-18(12-16)28-22-23-19-6-1-2-7-20(19)29-22/h1-7,12,17,26H,8-11,13-15H2/q+1/t17-,25+/m0/s1. The molecule has 2 fully saturated rings. The molecule has 2 atom stereocenters. The average molecular weight is 411 g/mol. The van der Waals surface area contributed by atoms with Gasteiger partial charge in [0.1, 0.15) is 18.9 Å². The molecule has 1 amide bonds. The van der Waals surface area contributed by atoms with Crippen molar-refractivity contribution in [1.29, 1.82) is 0 Å². The molecule has 0 radical (unpaired) electrons. The molecule has 1 N–H and O–H groups in total. The number of thiazole rings is 1. The summed E-state index contributed by atoms with van der Waals surface area (Å²) in [6.45, 7) is 3.46. The number of hydrogen-bond donors (Lipinski definition) is 1. The Morgan fingerprint density at radius 2 is 2.17 bits per heavy atom. The van der Waals surface area contributed by atoms with Crippen LogP contribution in [0.3, 0.4) is 0 Å². The maximum Gasteiger partial charge on any atom is 0.279 e. The van der Waals surface area contributed by atoms with E-state index in [2.05, 4.69) is 23.2 Å². The van der Waals surface area contributed by atoms with Crippen molar-refractivity contribution in [2.75, 3.05) is 32.9 Å². The normalized spacial score (nSPS) is 23.1. The fourth-order valence-electron chi connectivity index (χ4n) is 4.65. The second kappa shape index (κ2) is 7.40. The van der Waals surface area contributed by atoms with Gasteiger partial charge in [-0.3, -0.25) is 9.69 Å². The first-order valence-electron chi connectivity index (χ1n) is 10.0. The summed E-state index contributed by atoms with van der Waals surface area (Å²) in [5, 5.41) is 9.85. The van der Waals surface area contributed by atoms with Crippen LogP contribution in [0.2, 0.25) is 0 Å². The molecule has 2 aliphatic heterocycles. The van der Waals surface area contributed by atoms with Crippen LogP contribution in [0.4, 0.5) is 0 Å². The van der Waals surface area contributed by atoms with E-state index in [-0.39, 0.29) is 12.5 Å². The summed E-state index contributed by atoms with van der Waals surface area (Å²) < 4.78 is 8.08. The van der Waals surface area contributed by atoms with Gasteiger partial charge in [0.05, 0.1) is 29.3 Å². The first-order valence-corrected chi connectivity index (χ1v) is 10.8. The van der Waals surface area contributed by atoms with Crippen LogP contribution in [0.15, 0.2) is 48.5 Å². The summed E-state index contributed by atoms with van der Waals surface area (Å²) in [5.41, 5.74) is 2.19. The molecule has 3 aromatic rings. The largest absolute Gasteiger partial charge is 0.431 e. The molecule has 1 aromatic heterocycles. The third kappa shape index (κ3) is 3.61. The number of aliphatic hydroxyl groups is 1. The minimum atomic E-state index is -0.387. The highest BCUT2D eigenvalue weighted by Gasteiger charge is 2.50. The number of para-hydroxylation sites is 1. The first-order chi connectivity index (χ1) is 14.1. The minimum absolute atomic E-state index is 0.138. The van der Waals surface area contributed by atoms with Crippen LogP contribution in [0.25, 0.3) is 10.2 Å². The summed E-state index contributed by atoms with van der Waals surface area (Å²) in [6, 6.07) is 16.5. The molecular weight excluding hydrogens is 386 g/mol. The molecule has 3 heterocycles. The van der Waals surface area contributed by atoms with E-state index in [0.29, 0.717) is 11.2 Å². The number of benzene rings is 2. The van der Waals surface area contributed by atoms with Crippen LogP contribution in [0.1, 0.15) is 12.0 Å². The number of fused-ring (bicyclic) bond motifs is 3. The van der Waals surface area contributed by atoms with E-state index in [1.54, 1.807) is 11.3 Å². The van der Waals surface area contributed by atoms with E-state index in [4.69, 9.17) is 4.74 Å². The lowest BCUT2D eigenvalue weighted by Gasteiger charge is -2.34. The van der Waals surface area contributed by atoms with Crippen LogP contribution < -0.4 is 4.74 Å². The van der Waals surface area contributed by atoms with Gasteiger partial charge in [-0.2, -0.15) is 0 Å². The molecule has 0 unspecified atom stereocenters. The van der Waals surface area contributed by atoms with Gasteiger partial charge < -0.3 is 14.3 Å².